The Balaban J connectivity index is 1.89. The number of aromatic nitrogens is 1. The summed E-state index contributed by atoms with van der Waals surface area (Å²) in [6.45, 7) is 2.11. The molecule has 2 heterocycles. The molecule has 6 heteroatoms. The maximum Gasteiger partial charge on any atom is 0.130 e. The summed E-state index contributed by atoms with van der Waals surface area (Å²) in [4.78, 5) is 10.9. The second-order valence-corrected chi connectivity index (χ2v) is 6.53. The largest absolute Gasteiger partial charge is 0.404 e. The number of pyridine rings is 1. The quantitative estimate of drug-likeness (QED) is 0.682. The van der Waals surface area contributed by atoms with Gasteiger partial charge in [-0.2, -0.15) is 0 Å². The Kier molecular flexibility index (Phi) is 6.20. The highest BCUT2D eigenvalue weighted by atomic mass is 15.2. The van der Waals surface area contributed by atoms with Crippen molar-refractivity contribution in [3.8, 4) is 0 Å². The van der Waals surface area contributed by atoms with E-state index in [1.165, 1.54) is 31.7 Å². The fourth-order valence-electron chi connectivity index (χ4n) is 3.27. The van der Waals surface area contributed by atoms with Crippen LogP contribution in [0.3, 0.4) is 0 Å². The minimum absolute atomic E-state index is 0.805. The van der Waals surface area contributed by atoms with Crippen molar-refractivity contribution < 1.29 is 0 Å². The number of anilines is 3. The zero-order chi connectivity index (χ0) is 19.1. The van der Waals surface area contributed by atoms with Gasteiger partial charge in [-0.15, -0.1) is 0 Å². The topological polar surface area (TPSA) is 90.4 Å². The van der Waals surface area contributed by atoms with Crippen LogP contribution < -0.4 is 16.0 Å². The summed E-state index contributed by atoms with van der Waals surface area (Å²) < 4.78 is 0. The van der Waals surface area contributed by atoms with Gasteiger partial charge in [0.1, 0.15) is 5.82 Å². The summed E-state index contributed by atoms with van der Waals surface area (Å²) in [5, 5.41) is 11.1. The van der Waals surface area contributed by atoms with Gasteiger partial charge in [-0.3, -0.25) is 4.99 Å². The van der Waals surface area contributed by atoms with Gasteiger partial charge in [0.15, 0.2) is 0 Å². The third-order valence-electron chi connectivity index (χ3n) is 4.69. The summed E-state index contributed by atoms with van der Waals surface area (Å²) >= 11 is 0. The molecule has 6 nitrogen and oxygen atoms in total. The molecule has 0 saturated carbocycles. The lowest BCUT2D eigenvalue weighted by atomic mass is 10.0. The van der Waals surface area contributed by atoms with Gasteiger partial charge in [-0.05, 0) is 37.0 Å². The van der Waals surface area contributed by atoms with Crippen molar-refractivity contribution in [1.29, 1.82) is 5.41 Å². The average molecular weight is 362 g/mol. The molecule has 1 saturated heterocycles. The van der Waals surface area contributed by atoms with Crippen molar-refractivity contribution >= 4 is 35.2 Å². The Hall–Kier alpha value is -3.15. The fraction of sp³-hybridized carbons (Fsp3) is 0.286. The predicted molar refractivity (Wildman–Crippen MR) is 114 cm³/mol. The van der Waals surface area contributed by atoms with Crippen LogP contribution in [0.5, 0.6) is 0 Å². The molecule has 0 radical (unpaired) electrons. The summed E-state index contributed by atoms with van der Waals surface area (Å²) in [6.07, 6.45) is 10.2. The van der Waals surface area contributed by atoms with Crippen molar-refractivity contribution in [2.45, 2.75) is 19.3 Å². The van der Waals surface area contributed by atoms with Crippen molar-refractivity contribution in [3.63, 3.8) is 0 Å². The molecule has 1 aliphatic heterocycles. The van der Waals surface area contributed by atoms with Gasteiger partial charge >= 0.3 is 0 Å². The van der Waals surface area contributed by atoms with Gasteiger partial charge in [0, 0.05) is 73.5 Å². The lowest BCUT2D eigenvalue weighted by Crippen LogP contribution is -2.30. The molecule has 4 N–H and O–H groups in total. The van der Waals surface area contributed by atoms with Gasteiger partial charge in [0.05, 0.1) is 0 Å². The highest BCUT2D eigenvalue weighted by Crippen LogP contribution is 2.26. The van der Waals surface area contributed by atoms with Crippen molar-refractivity contribution in [2.24, 2.45) is 10.7 Å². The van der Waals surface area contributed by atoms with Crippen LogP contribution in [0.2, 0.25) is 0 Å². The second kappa shape index (κ2) is 8.98. The Morgan fingerprint density at radius 2 is 2.04 bits per heavy atom. The van der Waals surface area contributed by atoms with E-state index in [-0.39, 0.29) is 0 Å². The number of piperidine rings is 1. The fourth-order valence-corrected chi connectivity index (χ4v) is 3.27. The van der Waals surface area contributed by atoms with Gasteiger partial charge in [0.2, 0.25) is 0 Å². The molecular weight excluding hydrogens is 336 g/mol. The Bertz CT molecular complexity index is 850. The third kappa shape index (κ3) is 4.53. The number of allylic oxidation sites excluding steroid dienone is 1. The maximum atomic E-state index is 7.71. The molecule has 0 aliphatic carbocycles. The zero-order valence-corrected chi connectivity index (χ0v) is 15.7. The standard InChI is InChI=1S/C21H26N6/c1-24-15-18(14-23)16-5-6-17(13-22)20(11-16)26-19-7-8-25-21(12-19)27-9-3-2-4-10-27/h5-8,11-15,22H,2-4,9-10,23H2,1H3,(H,25,26). The molecule has 3 rings (SSSR count). The van der Waals surface area contributed by atoms with E-state index in [0.717, 1.165) is 47.0 Å². The first-order valence-electron chi connectivity index (χ1n) is 9.22. The number of nitrogens with zero attached hydrogens (tertiary/aromatic N) is 3. The predicted octanol–water partition coefficient (Wildman–Crippen LogP) is 3.81. The first-order chi connectivity index (χ1) is 13.2. The van der Waals surface area contributed by atoms with Crippen LogP contribution in [0.1, 0.15) is 30.4 Å². The molecular formula is C21H26N6. The van der Waals surface area contributed by atoms with Crippen molar-refractivity contribution in [1.82, 2.24) is 4.98 Å². The molecule has 2 aromatic rings. The SMILES string of the molecule is CN=CC(=CN)c1ccc(C=N)c(Nc2ccnc(N3CCCCC3)c2)c1. The lowest BCUT2D eigenvalue weighted by Gasteiger charge is -2.28. The minimum atomic E-state index is 0.805. The molecule has 1 aromatic heterocycles. The Morgan fingerprint density at radius 1 is 1.22 bits per heavy atom. The van der Waals surface area contributed by atoms with Crippen LogP contribution in [0.4, 0.5) is 17.2 Å². The van der Waals surface area contributed by atoms with E-state index in [2.05, 4.69) is 26.3 Å². The van der Waals surface area contributed by atoms with Crippen LogP contribution in [0.15, 0.2) is 47.7 Å². The molecule has 0 unspecified atom stereocenters. The average Bonchev–Trinajstić information content (AvgIpc) is 2.73. The van der Waals surface area contributed by atoms with E-state index < -0.39 is 0 Å². The summed E-state index contributed by atoms with van der Waals surface area (Å²) in [5.41, 5.74) is 10.1. The number of hydrogen-bond acceptors (Lipinski definition) is 6. The van der Waals surface area contributed by atoms with E-state index in [0.29, 0.717) is 0 Å². The van der Waals surface area contributed by atoms with Gasteiger partial charge in [-0.25, -0.2) is 4.98 Å². The minimum Gasteiger partial charge on any atom is -0.404 e. The molecule has 0 bridgehead atoms. The molecule has 0 spiro atoms. The van der Waals surface area contributed by atoms with Crippen molar-refractivity contribution in [3.05, 3.63) is 53.9 Å². The van der Waals surface area contributed by atoms with E-state index >= 15 is 0 Å². The molecule has 140 valence electrons. The molecule has 1 aromatic carbocycles. The number of rotatable bonds is 6. The molecule has 27 heavy (non-hydrogen) atoms. The van der Waals surface area contributed by atoms with E-state index in [9.17, 15) is 0 Å². The molecule has 1 aliphatic rings. The number of nitrogens with two attached hydrogens (primary N) is 1. The second-order valence-electron chi connectivity index (χ2n) is 6.53. The highest BCUT2D eigenvalue weighted by molar-refractivity contribution is 6.10. The smallest absolute Gasteiger partial charge is 0.130 e. The van der Waals surface area contributed by atoms with Crippen molar-refractivity contribution in [2.75, 3.05) is 30.4 Å². The van der Waals surface area contributed by atoms with Crippen LogP contribution in [0.25, 0.3) is 5.57 Å². The summed E-state index contributed by atoms with van der Waals surface area (Å²) in [7, 11) is 1.72. The normalized spacial score (nSPS) is 15.1. The van der Waals surface area contributed by atoms with Crippen LogP contribution in [-0.2, 0) is 0 Å². The number of aliphatic imine (C=N–C) groups is 1. The summed E-state index contributed by atoms with van der Waals surface area (Å²) in [6, 6.07) is 9.85. The monoisotopic (exact) mass is 362 g/mol. The number of benzene rings is 1. The van der Waals surface area contributed by atoms with Crippen LogP contribution in [-0.4, -0.2) is 37.6 Å². The highest BCUT2D eigenvalue weighted by Gasteiger charge is 2.13. The Morgan fingerprint density at radius 3 is 2.74 bits per heavy atom. The third-order valence-corrected chi connectivity index (χ3v) is 4.69. The summed E-state index contributed by atoms with van der Waals surface area (Å²) in [5.74, 6) is 0.993. The van der Waals surface area contributed by atoms with E-state index in [1.54, 1.807) is 13.3 Å². The van der Waals surface area contributed by atoms with E-state index in [1.807, 2.05) is 30.5 Å². The van der Waals surface area contributed by atoms with Crippen LogP contribution >= 0.6 is 0 Å². The van der Waals surface area contributed by atoms with Gasteiger partial charge in [-0.1, -0.05) is 12.1 Å². The maximum absolute atomic E-state index is 7.71. The molecule has 1 fully saturated rings. The number of hydrogen-bond donors (Lipinski definition) is 3. The van der Waals surface area contributed by atoms with Gasteiger partial charge in [0.25, 0.3) is 0 Å². The molecule has 0 atom stereocenters. The number of nitrogens with one attached hydrogen (secondary N) is 2. The Labute approximate surface area is 160 Å². The lowest BCUT2D eigenvalue weighted by molar-refractivity contribution is 0.573. The van der Waals surface area contributed by atoms with Gasteiger partial charge < -0.3 is 21.4 Å². The van der Waals surface area contributed by atoms with Crippen LogP contribution in [0, 0.1) is 5.41 Å². The van der Waals surface area contributed by atoms with E-state index in [4.69, 9.17) is 11.1 Å². The zero-order valence-electron chi connectivity index (χ0n) is 15.7. The molecule has 0 amide bonds. The first kappa shape index (κ1) is 18.6. The first-order valence-corrected chi connectivity index (χ1v) is 9.22.